The second-order valence-electron chi connectivity index (χ2n) is 8.03. The summed E-state index contributed by atoms with van der Waals surface area (Å²) in [4.78, 5) is 2.66. The minimum Gasteiger partial charge on any atom is -0.393 e. The summed E-state index contributed by atoms with van der Waals surface area (Å²) in [6.45, 7) is 10.7. The van der Waals surface area contributed by atoms with Gasteiger partial charge in [-0.1, -0.05) is 33.6 Å². The van der Waals surface area contributed by atoms with E-state index >= 15 is 0 Å². The maximum atomic E-state index is 10.4. The number of hydrogen-bond acceptors (Lipinski definition) is 2. The molecule has 0 aromatic heterocycles. The zero-order chi connectivity index (χ0) is 15.2. The fourth-order valence-electron chi connectivity index (χ4n) is 4.52. The molecule has 0 radical (unpaired) electrons. The smallest absolute Gasteiger partial charge is 0.0580 e. The summed E-state index contributed by atoms with van der Waals surface area (Å²) in [6, 6.07) is 0. The SMILES string of the molecule is CCCC1CCCN(CC2CC(C(C)C)CCC2O)CC1. The Balaban J connectivity index is 1.82. The first-order chi connectivity index (χ1) is 10.1. The number of aliphatic hydroxyl groups is 1. The molecule has 1 aliphatic carbocycles. The van der Waals surface area contributed by atoms with Crippen molar-refractivity contribution in [3.05, 3.63) is 0 Å². The minimum absolute atomic E-state index is 0.0466. The van der Waals surface area contributed by atoms with Gasteiger partial charge in [0.2, 0.25) is 0 Å². The third-order valence-electron chi connectivity index (χ3n) is 6.06. The molecule has 0 bridgehead atoms. The van der Waals surface area contributed by atoms with Crippen molar-refractivity contribution >= 4 is 0 Å². The van der Waals surface area contributed by atoms with Crippen LogP contribution >= 0.6 is 0 Å². The van der Waals surface area contributed by atoms with Crippen LogP contribution in [0, 0.1) is 23.7 Å². The number of likely N-dealkylation sites (tertiary alicyclic amines) is 1. The summed E-state index contributed by atoms with van der Waals surface area (Å²) in [7, 11) is 0. The molecule has 0 aromatic rings. The highest BCUT2D eigenvalue weighted by atomic mass is 16.3. The van der Waals surface area contributed by atoms with Crippen molar-refractivity contribution in [3.8, 4) is 0 Å². The lowest BCUT2D eigenvalue weighted by atomic mass is 9.74. The van der Waals surface area contributed by atoms with E-state index in [0.29, 0.717) is 5.92 Å². The average Bonchev–Trinajstić information content (AvgIpc) is 2.67. The van der Waals surface area contributed by atoms with Crippen LogP contribution in [-0.2, 0) is 0 Å². The van der Waals surface area contributed by atoms with Crippen molar-refractivity contribution in [2.75, 3.05) is 19.6 Å². The molecule has 1 N–H and O–H groups in total. The monoisotopic (exact) mass is 295 g/mol. The zero-order valence-electron chi connectivity index (χ0n) is 14.6. The van der Waals surface area contributed by atoms with E-state index in [1.54, 1.807) is 0 Å². The molecule has 0 aromatic carbocycles. The molecule has 0 spiro atoms. The van der Waals surface area contributed by atoms with Crippen molar-refractivity contribution in [1.29, 1.82) is 0 Å². The van der Waals surface area contributed by atoms with Gasteiger partial charge in [-0.15, -0.1) is 0 Å². The van der Waals surface area contributed by atoms with E-state index in [4.69, 9.17) is 0 Å². The highest BCUT2D eigenvalue weighted by molar-refractivity contribution is 4.84. The van der Waals surface area contributed by atoms with E-state index in [-0.39, 0.29) is 6.10 Å². The standard InChI is InChI=1S/C19H37NO/c1-4-6-16-7-5-11-20(12-10-16)14-18-13-17(15(2)3)8-9-19(18)21/h15-19,21H,4-14H2,1-3H3. The fourth-order valence-corrected chi connectivity index (χ4v) is 4.52. The van der Waals surface area contributed by atoms with E-state index in [2.05, 4.69) is 25.7 Å². The van der Waals surface area contributed by atoms with Gasteiger partial charge in [-0.2, -0.15) is 0 Å². The highest BCUT2D eigenvalue weighted by Gasteiger charge is 2.32. The predicted molar refractivity (Wildman–Crippen MR) is 90.4 cm³/mol. The van der Waals surface area contributed by atoms with Crippen LogP contribution in [-0.4, -0.2) is 35.7 Å². The van der Waals surface area contributed by atoms with Crippen LogP contribution in [0.3, 0.4) is 0 Å². The molecule has 4 atom stereocenters. The molecule has 2 nitrogen and oxygen atoms in total. The van der Waals surface area contributed by atoms with E-state index in [0.717, 1.165) is 30.7 Å². The molecule has 2 rings (SSSR count). The van der Waals surface area contributed by atoms with Gasteiger partial charge in [0.05, 0.1) is 6.10 Å². The first kappa shape index (κ1) is 17.3. The van der Waals surface area contributed by atoms with Gasteiger partial charge in [-0.25, -0.2) is 0 Å². The first-order valence-corrected chi connectivity index (χ1v) is 9.50. The highest BCUT2D eigenvalue weighted by Crippen LogP contribution is 2.35. The Morgan fingerprint density at radius 1 is 1.10 bits per heavy atom. The number of rotatable bonds is 5. The summed E-state index contributed by atoms with van der Waals surface area (Å²) >= 11 is 0. The summed E-state index contributed by atoms with van der Waals surface area (Å²) in [6.07, 6.45) is 10.4. The maximum absolute atomic E-state index is 10.4. The second kappa shape index (κ2) is 8.53. The lowest BCUT2D eigenvalue weighted by Gasteiger charge is -2.38. The summed E-state index contributed by atoms with van der Waals surface area (Å²) in [5.41, 5.74) is 0. The second-order valence-corrected chi connectivity index (χ2v) is 8.03. The van der Waals surface area contributed by atoms with Gasteiger partial charge in [-0.05, 0) is 75.3 Å². The molecule has 1 aliphatic heterocycles. The van der Waals surface area contributed by atoms with Crippen molar-refractivity contribution in [1.82, 2.24) is 4.90 Å². The molecular formula is C19H37NO. The Labute approximate surface area is 132 Å². The molecular weight excluding hydrogens is 258 g/mol. The molecule has 2 aliphatic rings. The zero-order valence-corrected chi connectivity index (χ0v) is 14.6. The third-order valence-corrected chi connectivity index (χ3v) is 6.06. The van der Waals surface area contributed by atoms with Crippen molar-refractivity contribution in [3.63, 3.8) is 0 Å². The fraction of sp³-hybridized carbons (Fsp3) is 1.00. The lowest BCUT2D eigenvalue weighted by Crippen LogP contribution is -2.40. The normalized spacial score (nSPS) is 35.9. The summed E-state index contributed by atoms with van der Waals surface area (Å²) in [5, 5.41) is 10.4. The summed E-state index contributed by atoms with van der Waals surface area (Å²) in [5.74, 6) is 3.09. The Kier molecular flexibility index (Phi) is 7.01. The van der Waals surface area contributed by atoms with Crippen LogP contribution in [0.5, 0.6) is 0 Å². The van der Waals surface area contributed by atoms with Gasteiger partial charge in [0.1, 0.15) is 0 Å². The topological polar surface area (TPSA) is 23.5 Å². The molecule has 124 valence electrons. The molecule has 2 heteroatoms. The molecule has 0 amide bonds. The minimum atomic E-state index is -0.0466. The van der Waals surface area contributed by atoms with Crippen LogP contribution in [0.1, 0.15) is 72.1 Å². The average molecular weight is 296 g/mol. The van der Waals surface area contributed by atoms with Crippen LogP contribution < -0.4 is 0 Å². The van der Waals surface area contributed by atoms with E-state index in [1.807, 2.05) is 0 Å². The van der Waals surface area contributed by atoms with Gasteiger partial charge in [0, 0.05) is 6.54 Å². The molecule has 1 heterocycles. The predicted octanol–water partition coefficient (Wildman–Crippen LogP) is 4.32. The lowest BCUT2D eigenvalue weighted by molar-refractivity contribution is 0.0189. The Morgan fingerprint density at radius 3 is 2.62 bits per heavy atom. The largest absolute Gasteiger partial charge is 0.393 e. The van der Waals surface area contributed by atoms with E-state index < -0.39 is 0 Å². The number of hydrogen-bond donors (Lipinski definition) is 1. The van der Waals surface area contributed by atoms with Gasteiger partial charge < -0.3 is 10.0 Å². The Morgan fingerprint density at radius 2 is 1.90 bits per heavy atom. The molecule has 4 unspecified atom stereocenters. The number of aliphatic hydroxyl groups excluding tert-OH is 1. The van der Waals surface area contributed by atoms with Gasteiger partial charge in [0.15, 0.2) is 0 Å². The van der Waals surface area contributed by atoms with Crippen LogP contribution in [0.25, 0.3) is 0 Å². The van der Waals surface area contributed by atoms with E-state index in [1.165, 1.54) is 58.0 Å². The van der Waals surface area contributed by atoms with Crippen LogP contribution in [0.15, 0.2) is 0 Å². The Bertz CT molecular complexity index is 291. The molecule has 2 fully saturated rings. The Hall–Kier alpha value is -0.0800. The maximum Gasteiger partial charge on any atom is 0.0580 e. The van der Waals surface area contributed by atoms with Crippen molar-refractivity contribution in [2.45, 2.75) is 78.2 Å². The molecule has 1 saturated carbocycles. The van der Waals surface area contributed by atoms with Gasteiger partial charge in [-0.3, -0.25) is 0 Å². The summed E-state index contributed by atoms with van der Waals surface area (Å²) < 4.78 is 0. The third kappa shape index (κ3) is 5.25. The van der Waals surface area contributed by atoms with Crippen LogP contribution in [0.2, 0.25) is 0 Å². The van der Waals surface area contributed by atoms with Crippen molar-refractivity contribution in [2.24, 2.45) is 23.7 Å². The quantitative estimate of drug-likeness (QED) is 0.816. The van der Waals surface area contributed by atoms with E-state index in [9.17, 15) is 5.11 Å². The van der Waals surface area contributed by atoms with Crippen LogP contribution in [0.4, 0.5) is 0 Å². The first-order valence-electron chi connectivity index (χ1n) is 9.50. The number of nitrogens with zero attached hydrogens (tertiary/aromatic N) is 1. The molecule has 1 saturated heterocycles. The van der Waals surface area contributed by atoms with Gasteiger partial charge >= 0.3 is 0 Å². The van der Waals surface area contributed by atoms with Gasteiger partial charge in [0.25, 0.3) is 0 Å². The molecule has 21 heavy (non-hydrogen) atoms. The van der Waals surface area contributed by atoms with Crippen molar-refractivity contribution < 1.29 is 5.11 Å².